The zero-order chi connectivity index (χ0) is 16.8. The largest absolute Gasteiger partial charge is 0.492 e. The predicted molar refractivity (Wildman–Crippen MR) is 98.1 cm³/mol. The van der Waals surface area contributed by atoms with E-state index >= 15 is 0 Å². The van der Waals surface area contributed by atoms with Crippen LogP contribution in [0.4, 0.5) is 11.4 Å². The van der Waals surface area contributed by atoms with Crippen LogP contribution >= 0.6 is 0 Å². The number of nitrogens with one attached hydrogen (secondary N) is 1. The summed E-state index contributed by atoms with van der Waals surface area (Å²) in [4.78, 5) is 14.9. The van der Waals surface area contributed by atoms with Gasteiger partial charge in [-0.15, -0.1) is 0 Å². The Morgan fingerprint density at radius 1 is 1.04 bits per heavy atom. The van der Waals surface area contributed by atoms with Gasteiger partial charge in [0, 0.05) is 24.3 Å². The number of hydrogen-bond donors (Lipinski definition) is 1. The molecule has 1 heterocycles. The Kier molecular flexibility index (Phi) is 5.36. The normalized spacial score (nSPS) is 14.3. The second-order valence-electron chi connectivity index (χ2n) is 5.98. The molecule has 0 atom stereocenters. The molecule has 1 saturated heterocycles. The fourth-order valence-electron chi connectivity index (χ4n) is 3.02. The van der Waals surface area contributed by atoms with E-state index in [2.05, 4.69) is 10.2 Å². The number of piperidine rings is 1. The molecule has 0 radical (unpaired) electrons. The van der Waals surface area contributed by atoms with E-state index in [4.69, 9.17) is 4.74 Å². The van der Waals surface area contributed by atoms with Gasteiger partial charge in [-0.1, -0.05) is 12.1 Å². The maximum Gasteiger partial charge on any atom is 0.255 e. The first-order valence-corrected chi connectivity index (χ1v) is 8.66. The van der Waals surface area contributed by atoms with E-state index in [-0.39, 0.29) is 5.91 Å². The number of ether oxygens (including phenoxy) is 1. The van der Waals surface area contributed by atoms with Crippen LogP contribution in [-0.4, -0.2) is 25.6 Å². The van der Waals surface area contributed by atoms with Crippen molar-refractivity contribution < 1.29 is 9.53 Å². The number of para-hydroxylation sites is 2. The Hall–Kier alpha value is -2.49. The number of anilines is 2. The molecule has 4 nitrogen and oxygen atoms in total. The number of carbonyl (C=O) groups is 1. The third-order valence-corrected chi connectivity index (χ3v) is 4.29. The second kappa shape index (κ2) is 7.86. The molecule has 0 bridgehead atoms. The Bertz CT molecular complexity index is 676. The molecule has 1 N–H and O–H groups in total. The summed E-state index contributed by atoms with van der Waals surface area (Å²) in [5, 5.41) is 2.93. The van der Waals surface area contributed by atoms with Crippen LogP contribution in [0.25, 0.3) is 0 Å². The average Bonchev–Trinajstić information content (AvgIpc) is 2.64. The van der Waals surface area contributed by atoms with Crippen molar-refractivity contribution in [1.82, 2.24) is 0 Å². The van der Waals surface area contributed by atoms with Crippen LogP contribution in [0.5, 0.6) is 5.75 Å². The van der Waals surface area contributed by atoms with Gasteiger partial charge >= 0.3 is 0 Å². The molecule has 0 unspecified atom stereocenters. The molecule has 3 rings (SSSR count). The van der Waals surface area contributed by atoms with E-state index < -0.39 is 0 Å². The van der Waals surface area contributed by atoms with Crippen LogP contribution in [0.3, 0.4) is 0 Å². The van der Waals surface area contributed by atoms with E-state index in [9.17, 15) is 4.79 Å². The number of carbonyl (C=O) groups excluding carboxylic acids is 1. The maximum atomic E-state index is 12.5. The van der Waals surface area contributed by atoms with Crippen LogP contribution in [0, 0.1) is 0 Å². The standard InChI is InChI=1S/C20H24N2O2/c1-2-24-19-9-5-4-8-18(19)21-20(23)16-10-12-17(13-11-16)22-14-6-3-7-15-22/h4-5,8-13H,2-3,6-7,14-15H2,1H3,(H,21,23). The van der Waals surface area contributed by atoms with Crippen molar-refractivity contribution in [3.05, 3.63) is 54.1 Å². The fraction of sp³-hybridized carbons (Fsp3) is 0.350. The van der Waals surface area contributed by atoms with E-state index in [0.29, 0.717) is 23.6 Å². The Morgan fingerprint density at radius 2 is 1.75 bits per heavy atom. The molecule has 126 valence electrons. The van der Waals surface area contributed by atoms with Crippen molar-refractivity contribution >= 4 is 17.3 Å². The van der Waals surface area contributed by atoms with Crippen molar-refractivity contribution in [3.63, 3.8) is 0 Å². The molecule has 0 aromatic heterocycles. The molecule has 0 saturated carbocycles. The van der Waals surface area contributed by atoms with Gasteiger partial charge in [0.1, 0.15) is 5.75 Å². The van der Waals surface area contributed by atoms with Crippen LogP contribution in [0.15, 0.2) is 48.5 Å². The summed E-state index contributed by atoms with van der Waals surface area (Å²) in [5.41, 5.74) is 2.55. The van der Waals surface area contributed by atoms with E-state index in [1.807, 2.05) is 55.5 Å². The average molecular weight is 324 g/mol. The molecule has 1 aliphatic heterocycles. The van der Waals surface area contributed by atoms with Gasteiger partial charge in [0.2, 0.25) is 0 Å². The Morgan fingerprint density at radius 3 is 2.46 bits per heavy atom. The number of hydrogen-bond acceptors (Lipinski definition) is 3. The zero-order valence-corrected chi connectivity index (χ0v) is 14.1. The summed E-state index contributed by atoms with van der Waals surface area (Å²) in [6.45, 7) is 4.70. The highest BCUT2D eigenvalue weighted by molar-refractivity contribution is 6.05. The van der Waals surface area contributed by atoms with Crippen LogP contribution in [-0.2, 0) is 0 Å². The highest BCUT2D eigenvalue weighted by Crippen LogP contribution is 2.25. The second-order valence-corrected chi connectivity index (χ2v) is 5.98. The van der Waals surface area contributed by atoms with E-state index in [1.54, 1.807) is 0 Å². The molecular formula is C20H24N2O2. The highest BCUT2D eigenvalue weighted by Gasteiger charge is 2.13. The topological polar surface area (TPSA) is 41.6 Å². The third-order valence-electron chi connectivity index (χ3n) is 4.29. The molecule has 0 spiro atoms. The first kappa shape index (κ1) is 16.4. The first-order chi connectivity index (χ1) is 11.8. The van der Waals surface area contributed by atoms with Gasteiger partial charge in [0.15, 0.2) is 0 Å². The molecule has 1 fully saturated rings. The number of benzene rings is 2. The highest BCUT2D eigenvalue weighted by atomic mass is 16.5. The minimum atomic E-state index is -0.118. The van der Waals surface area contributed by atoms with Gasteiger partial charge in [-0.05, 0) is 62.6 Å². The van der Waals surface area contributed by atoms with Crippen molar-refractivity contribution in [1.29, 1.82) is 0 Å². The minimum absolute atomic E-state index is 0.118. The zero-order valence-electron chi connectivity index (χ0n) is 14.1. The molecule has 1 amide bonds. The van der Waals surface area contributed by atoms with E-state index in [1.165, 1.54) is 24.9 Å². The summed E-state index contributed by atoms with van der Waals surface area (Å²) in [5.74, 6) is 0.575. The van der Waals surface area contributed by atoms with Crippen LogP contribution in [0.2, 0.25) is 0 Å². The molecular weight excluding hydrogens is 300 g/mol. The summed E-state index contributed by atoms with van der Waals surface area (Å²) < 4.78 is 5.55. The van der Waals surface area contributed by atoms with Gasteiger partial charge < -0.3 is 15.0 Å². The quantitative estimate of drug-likeness (QED) is 0.890. The van der Waals surface area contributed by atoms with Crippen molar-refractivity contribution in [3.8, 4) is 5.75 Å². The number of nitrogens with zero attached hydrogens (tertiary/aromatic N) is 1. The summed E-state index contributed by atoms with van der Waals surface area (Å²) in [7, 11) is 0. The van der Waals surface area contributed by atoms with Gasteiger partial charge in [0.25, 0.3) is 5.91 Å². The lowest BCUT2D eigenvalue weighted by atomic mass is 10.1. The van der Waals surface area contributed by atoms with Crippen molar-refractivity contribution in [2.75, 3.05) is 29.9 Å². The smallest absolute Gasteiger partial charge is 0.255 e. The monoisotopic (exact) mass is 324 g/mol. The maximum absolute atomic E-state index is 12.5. The Balaban J connectivity index is 1.69. The summed E-state index contributed by atoms with van der Waals surface area (Å²) in [6.07, 6.45) is 3.81. The predicted octanol–water partition coefficient (Wildman–Crippen LogP) is 4.33. The third kappa shape index (κ3) is 3.88. The SMILES string of the molecule is CCOc1ccccc1NC(=O)c1ccc(N2CCCCC2)cc1. The molecule has 24 heavy (non-hydrogen) atoms. The summed E-state index contributed by atoms with van der Waals surface area (Å²) >= 11 is 0. The molecule has 2 aromatic carbocycles. The molecule has 2 aromatic rings. The lowest BCUT2D eigenvalue weighted by Crippen LogP contribution is -2.29. The number of rotatable bonds is 5. The van der Waals surface area contributed by atoms with Crippen LogP contribution < -0.4 is 15.0 Å². The molecule has 1 aliphatic rings. The number of amides is 1. The van der Waals surface area contributed by atoms with Gasteiger partial charge in [0.05, 0.1) is 12.3 Å². The minimum Gasteiger partial charge on any atom is -0.492 e. The lowest BCUT2D eigenvalue weighted by molar-refractivity contribution is 0.102. The van der Waals surface area contributed by atoms with Crippen LogP contribution in [0.1, 0.15) is 36.5 Å². The van der Waals surface area contributed by atoms with Gasteiger partial charge in [-0.2, -0.15) is 0 Å². The summed E-state index contributed by atoms with van der Waals surface area (Å²) in [6, 6.07) is 15.4. The van der Waals surface area contributed by atoms with E-state index in [0.717, 1.165) is 13.1 Å². The molecule has 4 heteroatoms. The van der Waals surface area contributed by atoms with Gasteiger partial charge in [-0.3, -0.25) is 4.79 Å². The fourth-order valence-corrected chi connectivity index (χ4v) is 3.02. The lowest BCUT2D eigenvalue weighted by Gasteiger charge is -2.28. The molecule has 0 aliphatic carbocycles. The van der Waals surface area contributed by atoms with Crippen molar-refractivity contribution in [2.24, 2.45) is 0 Å². The Labute approximate surface area is 143 Å². The van der Waals surface area contributed by atoms with Gasteiger partial charge in [-0.25, -0.2) is 0 Å². The first-order valence-electron chi connectivity index (χ1n) is 8.66. The van der Waals surface area contributed by atoms with Crippen molar-refractivity contribution in [2.45, 2.75) is 26.2 Å².